The number of nitrogens with two attached hydrogens (primary N) is 1. The smallest absolute Gasteiger partial charge is 0.00563 e. The van der Waals surface area contributed by atoms with Crippen LogP contribution in [0.1, 0.15) is 37.3 Å². The minimum Gasteiger partial charge on any atom is -0.330 e. The van der Waals surface area contributed by atoms with Crippen LogP contribution in [-0.2, 0) is 6.42 Å². The van der Waals surface area contributed by atoms with Gasteiger partial charge in [-0.25, -0.2) is 0 Å². The summed E-state index contributed by atoms with van der Waals surface area (Å²) in [6.07, 6.45) is 2.36. The second-order valence-electron chi connectivity index (χ2n) is 5.33. The molecule has 0 amide bonds. The number of hydrogen-bond acceptors (Lipinski definition) is 2. The van der Waals surface area contributed by atoms with E-state index in [1.165, 1.54) is 13.0 Å². The summed E-state index contributed by atoms with van der Waals surface area (Å²) in [5, 5.41) is 0. The molecule has 2 N–H and O–H groups in total. The van der Waals surface area contributed by atoms with Gasteiger partial charge in [-0.15, -0.1) is 0 Å². The van der Waals surface area contributed by atoms with E-state index in [1.807, 2.05) is 0 Å². The quantitative estimate of drug-likeness (QED) is 0.816. The summed E-state index contributed by atoms with van der Waals surface area (Å²) in [5.74, 6) is 0.742. The van der Waals surface area contributed by atoms with Crippen molar-refractivity contribution in [3.8, 4) is 0 Å². The van der Waals surface area contributed by atoms with Crippen LogP contribution in [-0.4, -0.2) is 30.6 Å². The fraction of sp³-hybridized carbons (Fsp3) is 0.600. The Balaban J connectivity index is 1.92. The molecule has 1 aliphatic carbocycles. The van der Waals surface area contributed by atoms with Crippen molar-refractivity contribution in [2.45, 2.75) is 38.6 Å². The molecule has 1 atom stereocenters. The van der Waals surface area contributed by atoms with Crippen LogP contribution in [0.4, 0.5) is 0 Å². The predicted molar refractivity (Wildman–Crippen MR) is 73.3 cm³/mol. The molecule has 0 bridgehead atoms. The Bertz CT molecular complexity index is 360. The minimum absolute atomic E-state index is 0.620. The summed E-state index contributed by atoms with van der Waals surface area (Å²) in [6, 6.07) is 9.46. The molecule has 0 spiro atoms. The van der Waals surface area contributed by atoms with Crippen molar-refractivity contribution in [1.82, 2.24) is 4.90 Å². The molecule has 0 aromatic heterocycles. The molecule has 0 saturated carbocycles. The highest BCUT2D eigenvalue weighted by molar-refractivity contribution is 5.40. The molecule has 0 fully saturated rings. The first-order valence-corrected chi connectivity index (χ1v) is 6.74. The lowest BCUT2D eigenvalue weighted by Crippen LogP contribution is -2.39. The third-order valence-electron chi connectivity index (χ3n) is 3.80. The summed E-state index contributed by atoms with van der Waals surface area (Å²) in [5.41, 5.74) is 8.71. The van der Waals surface area contributed by atoms with Crippen LogP contribution in [0.2, 0.25) is 0 Å². The number of fused-ring (bicyclic) bond motifs is 1. The van der Waals surface area contributed by atoms with E-state index in [2.05, 4.69) is 43.0 Å². The van der Waals surface area contributed by atoms with Crippen LogP contribution in [0.25, 0.3) is 0 Å². The normalized spacial score (nSPS) is 18.3. The van der Waals surface area contributed by atoms with Crippen molar-refractivity contribution in [3.05, 3.63) is 35.4 Å². The molecule has 0 radical (unpaired) electrons. The van der Waals surface area contributed by atoms with Crippen LogP contribution in [0.15, 0.2) is 24.3 Å². The van der Waals surface area contributed by atoms with Crippen LogP contribution in [0, 0.1) is 0 Å². The van der Waals surface area contributed by atoms with Crippen LogP contribution < -0.4 is 5.73 Å². The van der Waals surface area contributed by atoms with Crippen molar-refractivity contribution in [2.24, 2.45) is 5.73 Å². The van der Waals surface area contributed by atoms with Crippen LogP contribution >= 0.6 is 0 Å². The Morgan fingerprint density at radius 2 is 2.12 bits per heavy atom. The topological polar surface area (TPSA) is 29.3 Å². The van der Waals surface area contributed by atoms with E-state index in [-0.39, 0.29) is 0 Å². The molecule has 2 nitrogen and oxygen atoms in total. The van der Waals surface area contributed by atoms with Gasteiger partial charge in [0.2, 0.25) is 0 Å². The molecule has 1 aliphatic rings. The van der Waals surface area contributed by atoms with Gasteiger partial charge in [0.25, 0.3) is 0 Å². The lowest BCUT2D eigenvalue weighted by molar-refractivity contribution is 0.200. The molecule has 1 unspecified atom stereocenters. The van der Waals surface area contributed by atoms with Crippen molar-refractivity contribution in [2.75, 3.05) is 19.6 Å². The largest absolute Gasteiger partial charge is 0.330 e. The van der Waals surface area contributed by atoms with E-state index in [0.717, 1.165) is 25.4 Å². The average molecular weight is 232 g/mol. The maximum Gasteiger partial charge on any atom is 0.00563 e. The molecule has 1 aromatic rings. The zero-order valence-electron chi connectivity index (χ0n) is 11.0. The van der Waals surface area contributed by atoms with E-state index >= 15 is 0 Å². The molecule has 94 valence electrons. The number of nitrogens with zero attached hydrogens (tertiary/aromatic N) is 1. The molecule has 0 saturated heterocycles. The van der Waals surface area contributed by atoms with Crippen molar-refractivity contribution >= 4 is 0 Å². The zero-order valence-corrected chi connectivity index (χ0v) is 11.0. The second-order valence-corrected chi connectivity index (χ2v) is 5.33. The van der Waals surface area contributed by atoms with Crippen molar-refractivity contribution in [1.29, 1.82) is 0 Å². The minimum atomic E-state index is 0.620. The van der Waals surface area contributed by atoms with Gasteiger partial charge in [-0.3, -0.25) is 0 Å². The highest BCUT2D eigenvalue weighted by Gasteiger charge is 2.27. The molecule has 2 heteroatoms. The van der Waals surface area contributed by atoms with Gasteiger partial charge in [0, 0.05) is 18.5 Å². The number of rotatable bonds is 6. The van der Waals surface area contributed by atoms with E-state index in [9.17, 15) is 0 Å². The predicted octanol–water partition coefficient (Wildman–Crippen LogP) is 2.39. The van der Waals surface area contributed by atoms with Gasteiger partial charge in [0.05, 0.1) is 0 Å². The van der Waals surface area contributed by atoms with Gasteiger partial charge in [0.15, 0.2) is 0 Å². The van der Waals surface area contributed by atoms with E-state index in [1.54, 1.807) is 11.1 Å². The molecular weight excluding hydrogens is 208 g/mol. The molecule has 17 heavy (non-hydrogen) atoms. The van der Waals surface area contributed by atoms with Crippen molar-refractivity contribution in [3.63, 3.8) is 0 Å². The maximum absolute atomic E-state index is 5.60. The molecule has 2 rings (SSSR count). The Hall–Kier alpha value is -0.860. The Morgan fingerprint density at radius 1 is 1.35 bits per heavy atom. The highest BCUT2D eigenvalue weighted by atomic mass is 15.1. The maximum atomic E-state index is 5.60. The third kappa shape index (κ3) is 2.88. The van der Waals surface area contributed by atoms with Gasteiger partial charge in [-0.2, -0.15) is 0 Å². The van der Waals surface area contributed by atoms with E-state index in [4.69, 9.17) is 5.73 Å². The molecule has 0 heterocycles. The third-order valence-corrected chi connectivity index (χ3v) is 3.80. The Labute approximate surface area is 105 Å². The Kier molecular flexibility index (Phi) is 4.19. The van der Waals surface area contributed by atoms with Gasteiger partial charge in [-0.1, -0.05) is 24.3 Å². The summed E-state index contributed by atoms with van der Waals surface area (Å²) in [6.45, 7) is 7.67. The average Bonchev–Trinajstić information content (AvgIpc) is 2.29. The van der Waals surface area contributed by atoms with Gasteiger partial charge in [0.1, 0.15) is 0 Å². The lowest BCUT2D eigenvalue weighted by Gasteiger charge is -2.36. The van der Waals surface area contributed by atoms with Gasteiger partial charge >= 0.3 is 0 Å². The SMILES string of the molecule is CC(C)N(CCCN)CC1Cc2ccccc21. The summed E-state index contributed by atoms with van der Waals surface area (Å²) in [4.78, 5) is 2.56. The zero-order chi connectivity index (χ0) is 12.3. The van der Waals surface area contributed by atoms with Crippen molar-refractivity contribution < 1.29 is 0 Å². The first-order valence-electron chi connectivity index (χ1n) is 6.74. The standard InChI is InChI=1S/C15H24N2/c1-12(2)17(9-5-8-16)11-14-10-13-6-3-4-7-15(13)14/h3-4,6-7,12,14H,5,8-11,16H2,1-2H3. The summed E-state index contributed by atoms with van der Waals surface area (Å²) >= 11 is 0. The fourth-order valence-electron chi connectivity index (χ4n) is 2.66. The Morgan fingerprint density at radius 3 is 2.76 bits per heavy atom. The first kappa shape index (κ1) is 12.6. The summed E-state index contributed by atoms with van der Waals surface area (Å²) in [7, 11) is 0. The van der Waals surface area contributed by atoms with E-state index < -0.39 is 0 Å². The molecule has 0 aliphatic heterocycles. The van der Waals surface area contributed by atoms with E-state index in [0.29, 0.717) is 6.04 Å². The van der Waals surface area contributed by atoms with Gasteiger partial charge < -0.3 is 10.6 Å². The van der Waals surface area contributed by atoms with Crippen LogP contribution in [0.3, 0.4) is 0 Å². The first-order chi connectivity index (χ1) is 8.22. The number of hydrogen-bond donors (Lipinski definition) is 1. The van der Waals surface area contributed by atoms with Gasteiger partial charge in [-0.05, 0) is 50.9 Å². The lowest BCUT2D eigenvalue weighted by atomic mass is 9.77. The highest BCUT2D eigenvalue weighted by Crippen LogP contribution is 2.35. The fourth-order valence-corrected chi connectivity index (χ4v) is 2.66. The monoisotopic (exact) mass is 232 g/mol. The number of benzene rings is 1. The second kappa shape index (κ2) is 5.65. The summed E-state index contributed by atoms with van der Waals surface area (Å²) < 4.78 is 0. The molecular formula is C15H24N2. The van der Waals surface area contributed by atoms with Crippen LogP contribution in [0.5, 0.6) is 0 Å². The molecule has 1 aromatic carbocycles.